The number of carbonyl (C=O) groups excluding carboxylic acids is 1. The summed E-state index contributed by atoms with van der Waals surface area (Å²) >= 11 is 0. The van der Waals surface area contributed by atoms with Crippen LogP contribution < -0.4 is 0 Å². The second kappa shape index (κ2) is 10.1. The monoisotopic (exact) mass is 511 g/mol. The normalized spacial score (nSPS) is 47.0. The number of aliphatic hydroxyl groups excluding tert-OH is 3. The number of ether oxygens (including phenoxy) is 1. The van der Waals surface area contributed by atoms with Gasteiger partial charge >= 0.3 is 11.9 Å². The number of nitrogens with zero attached hydrogens (tertiary/aromatic N) is 1. The first-order chi connectivity index (χ1) is 16.8. The lowest BCUT2D eigenvalue weighted by Gasteiger charge is -2.64. The van der Waals surface area contributed by atoms with E-state index in [0.717, 1.165) is 17.9 Å². The summed E-state index contributed by atoms with van der Waals surface area (Å²) in [7, 11) is 1.38. The number of hydroxylamine groups is 2. The van der Waals surface area contributed by atoms with Crippen molar-refractivity contribution in [2.24, 2.45) is 46.3 Å². The van der Waals surface area contributed by atoms with Crippen molar-refractivity contribution in [2.45, 2.75) is 96.6 Å². The molecule has 0 aromatic carbocycles. The van der Waals surface area contributed by atoms with Gasteiger partial charge in [-0.3, -0.25) is 9.59 Å². The molecule has 206 valence electrons. The highest BCUT2D eigenvalue weighted by molar-refractivity contribution is 5.71. The van der Waals surface area contributed by atoms with Crippen LogP contribution in [0.1, 0.15) is 72.1 Å². The van der Waals surface area contributed by atoms with Gasteiger partial charge in [0, 0.05) is 25.3 Å². The molecule has 12 atom stereocenters. The molecule has 0 aromatic heterocycles. The molecule has 12 unspecified atom stereocenters. The van der Waals surface area contributed by atoms with Crippen LogP contribution in [0.15, 0.2) is 0 Å². The second-order valence-electron chi connectivity index (χ2n) is 12.8. The van der Waals surface area contributed by atoms with Crippen molar-refractivity contribution in [2.75, 3.05) is 13.6 Å². The molecule has 5 N–H and O–H groups in total. The maximum absolute atomic E-state index is 12.5. The first-order valence-electron chi connectivity index (χ1n) is 13.7. The van der Waals surface area contributed by atoms with Crippen molar-refractivity contribution in [1.82, 2.24) is 5.06 Å². The molecular formula is C27H45NO8. The van der Waals surface area contributed by atoms with E-state index in [1.807, 2.05) is 0 Å². The molecule has 0 amide bonds. The Morgan fingerprint density at radius 3 is 2.36 bits per heavy atom. The third kappa shape index (κ3) is 4.59. The third-order valence-electron chi connectivity index (χ3n) is 11.0. The first kappa shape index (κ1) is 27.8. The van der Waals surface area contributed by atoms with E-state index in [2.05, 4.69) is 20.8 Å². The Morgan fingerprint density at radius 1 is 1.03 bits per heavy atom. The number of rotatable bonds is 7. The topological polar surface area (TPSA) is 148 Å². The highest BCUT2D eigenvalue weighted by Crippen LogP contribution is 2.68. The minimum absolute atomic E-state index is 0.0506. The van der Waals surface area contributed by atoms with E-state index in [1.54, 1.807) is 0 Å². The van der Waals surface area contributed by atoms with Crippen molar-refractivity contribution in [1.29, 1.82) is 0 Å². The van der Waals surface area contributed by atoms with E-state index in [4.69, 9.17) is 4.74 Å². The van der Waals surface area contributed by atoms with Crippen LogP contribution in [-0.4, -0.2) is 80.6 Å². The zero-order valence-electron chi connectivity index (χ0n) is 22.0. The maximum atomic E-state index is 12.5. The van der Waals surface area contributed by atoms with Gasteiger partial charge in [-0.25, -0.2) is 0 Å². The minimum atomic E-state index is -0.806. The van der Waals surface area contributed by atoms with Gasteiger partial charge in [0.1, 0.15) is 12.6 Å². The number of carboxylic acids is 1. The highest BCUT2D eigenvalue weighted by Gasteiger charge is 2.68. The number of hydrogen-bond donors (Lipinski definition) is 5. The molecule has 36 heavy (non-hydrogen) atoms. The fourth-order valence-electron chi connectivity index (χ4n) is 9.28. The number of esters is 1. The largest absolute Gasteiger partial charge is 0.481 e. The van der Waals surface area contributed by atoms with E-state index >= 15 is 0 Å². The van der Waals surface area contributed by atoms with E-state index in [-0.39, 0.29) is 48.5 Å². The van der Waals surface area contributed by atoms with Gasteiger partial charge in [-0.15, -0.1) is 0 Å². The minimum Gasteiger partial charge on any atom is -0.481 e. The predicted molar refractivity (Wildman–Crippen MR) is 130 cm³/mol. The first-order valence-corrected chi connectivity index (χ1v) is 13.7. The Hall–Kier alpha value is -1.26. The molecule has 4 aliphatic carbocycles. The summed E-state index contributed by atoms with van der Waals surface area (Å²) in [6, 6.07) is 0. The van der Waals surface area contributed by atoms with Crippen molar-refractivity contribution < 1.29 is 40.0 Å². The molecule has 4 fully saturated rings. The Balaban J connectivity index is 1.64. The SMILES string of the molecule is CC(CCC(=O)O)C1CCC2C3C(O)CC4CC(O)CC(OC(=O)CN(C)O)C4(C)C3CC(O)C12C. The standard InChI is InChI=1S/C27H45NO8/c1-14(5-8-23(32)33)17-6-7-18-25-19(12-21(31)27(17,18)3)26(2)15(10-20(25)30)9-16(29)11-22(26)36-24(34)13-28(4)35/h14-22,25,29-31,35H,5-13H2,1-4H3,(H,32,33). The van der Waals surface area contributed by atoms with Crippen LogP contribution in [0.2, 0.25) is 0 Å². The van der Waals surface area contributed by atoms with Crippen molar-refractivity contribution in [3.05, 3.63) is 0 Å². The Morgan fingerprint density at radius 2 is 1.72 bits per heavy atom. The molecule has 4 aliphatic rings. The van der Waals surface area contributed by atoms with Gasteiger partial charge in [0.15, 0.2) is 0 Å². The molecule has 0 aliphatic heterocycles. The van der Waals surface area contributed by atoms with Crippen LogP contribution in [0.3, 0.4) is 0 Å². The molecule has 0 radical (unpaired) electrons. The summed E-state index contributed by atoms with van der Waals surface area (Å²) < 4.78 is 5.90. The average molecular weight is 512 g/mol. The Bertz CT molecular complexity index is 837. The number of likely N-dealkylation sites (N-methyl/N-ethyl adjacent to an activating group) is 1. The van der Waals surface area contributed by atoms with Gasteiger partial charge in [-0.1, -0.05) is 20.8 Å². The summed E-state index contributed by atoms with van der Waals surface area (Å²) in [5.74, 6) is -1.14. The summed E-state index contributed by atoms with van der Waals surface area (Å²) in [4.78, 5) is 23.7. The lowest BCUT2D eigenvalue weighted by atomic mass is 9.42. The number of aliphatic carboxylic acids is 1. The summed E-state index contributed by atoms with van der Waals surface area (Å²) in [5, 5.41) is 53.3. The Labute approximate surface area is 213 Å². The van der Waals surface area contributed by atoms with Gasteiger partial charge in [-0.05, 0) is 79.4 Å². The van der Waals surface area contributed by atoms with Crippen molar-refractivity contribution in [3.63, 3.8) is 0 Å². The van der Waals surface area contributed by atoms with E-state index < -0.39 is 47.2 Å². The molecular weight excluding hydrogens is 466 g/mol. The van der Waals surface area contributed by atoms with Crippen molar-refractivity contribution >= 4 is 11.9 Å². The van der Waals surface area contributed by atoms with Gasteiger partial charge in [0.2, 0.25) is 0 Å². The lowest BCUT2D eigenvalue weighted by molar-refractivity contribution is -0.241. The molecule has 0 aromatic rings. The number of carbonyl (C=O) groups is 2. The van der Waals surface area contributed by atoms with Crippen LogP contribution in [0.4, 0.5) is 0 Å². The fourth-order valence-corrected chi connectivity index (χ4v) is 9.28. The molecule has 9 heteroatoms. The average Bonchev–Trinajstić information content (AvgIpc) is 3.12. The third-order valence-corrected chi connectivity index (χ3v) is 11.0. The molecule has 0 heterocycles. The number of fused-ring (bicyclic) bond motifs is 5. The molecule has 9 nitrogen and oxygen atoms in total. The van der Waals surface area contributed by atoms with Gasteiger partial charge < -0.3 is 30.4 Å². The molecule has 4 rings (SSSR count). The molecule has 0 saturated heterocycles. The van der Waals surface area contributed by atoms with Gasteiger partial charge in [-0.2, -0.15) is 5.06 Å². The van der Waals surface area contributed by atoms with Gasteiger partial charge in [0.25, 0.3) is 0 Å². The lowest BCUT2D eigenvalue weighted by Crippen LogP contribution is -2.66. The zero-order valence-corrected chi connectivity index (χ0v) is 22.0. The van der Waals surface area contributed by atoms with E-state index in [0.29, 0.717) is 32.1 Å². The maximum Gasteiger partial charge on any atom is 0.322 e. The van der Waals surface area contributed by atoms with Crippen LogP contribution in [0, 0.1) is 46.3 Å². The molecule has 0 spiro atoms. The van der Waals surface area contributed by atoms with Crippen LogP contribution in [0.5, 0.6) is 0 Å². The van der Waals surface area contributed by atoms with Crippen LogP contribution >= 0.6 is 0 Å². The van der Waals surface area contributed by atoms with E-state index in [9.17, 15) is 35.2 Å². The fraction of sp³-hybridized carbons (Fsp3) is 0.926. The van der Waals surface area contributed by atoms with Crippen LogP contribution in [0.25, 0.3) is 0 Å². The quantitative estimate of drug-likeness (QED) is 0.256. The number of aliphatic hydroxyl groups is 3. The second-order valence-corrected chi connectivity index (χ2v) is 12.8. The van der Waals surface area contributed by atoms with Crippen LogP contribution in [-0.2, 0) is 14.3 Å². The number of hydrogen-bond acceptors (Lipinski definition) is 8. The number of carboxylic acid groups (broad SMARTS) is 1. The molecule has 4 saturated carbocycles. The summed E-state index contributed by atoms with van der Waals surface area (Å²) in [5.41, 5.74) is -0.925. The highest BCUT2D eigenvalue weighted by atomic mass is 16.6. The Kier molecular flexibility index (Phi) is 7.82. The zero-order chi connectivity index (χ0) is 26.6. The van der Waals surface area contributed by atoms with E-state index in [1.165, 1.54) is 7.05 Å². The predicted octanol–water partition coefficient (Wildman–Crippen LogP) is 2.29. The summed E-state index contributed by atoms with van der Waals surface area (Å²) in [6.45, 7) is 6.05. The smallest absolute Gasteiger partial charge is 0.322 e. The summed E-state index contributed by atoms with van der Waals surface area (Å²) in [6.07, 6.45) is 1.90. The van der Waals surface area contributed by atoms with Gasteiger partial charge in [0.05, 0.1) is 18.3 Å². The van der Waals surface area contributed by atoms with Crippen molar-refractivity contribution in [3.8, 4) is 0 Å². The molecule has 0 bridgehead atoms.